The van der Waals surface area contributed by atoms with E-state index in [9.17, 15) is 25.2 Å². The molecule has 1 amide bonds. The van der Waals surface area contributed by atoms with Crippen LogP contribution in [0, 0.1) is 0 Å². The molecule has 0 bridgehead atoms. The quantitative estimate of drug-likeness (QED) is 0.0761. The molecule has 224 valence electrons. The van der Waals surface area contributed by atoms with Gasteiger partial charge in [-0.2, -0.15) is 0 Å². The molecule has 0 spiro atoms. The largest absolute Gasteiger partial charge is 0.515 e. The summed E-state index contributed by atoms with van der Waals surface area (Å²) in [5, 5.41) is 50.0. The lowest BCUT2D eigenvalue weighted by Crippen LogP contribution is -2.66. The fourth-order valence-electron chi connectivity index (χ4n) is 5.06. The third-order valence-corrected chi connectivity index (χ3v) is 7.21. The van der Waals surface area contributed by atoms with E-state index >= 15 is 0 Å². The van der Waals surface area contributed by atoms with Crippen LogP contribution < -0.4 is 33.2 Å². The molecule has 3 aliphatic rings. The van der Waals surface area contributed by atoms with Crippen molar-refractivity contribution in [1.82, 2.24) is 16.0 Å². The summed E-state index contributed by atoms with van der Waals surface area (Å²) < 4.78 is 23.6. The van der Waals surface area contributed by atoms with Gasteiger partial charge in [0.15, 0.2) is 6.29 Å². The van der Waals surface area contributed by atoms with Gasteiger partial charge in [-0.25, -0.2) is 0 Å². The average Bonchev–Trinajstić information content (AvgIpc) is 2.91. The first-order chi connectivity index (χ1) is 18.7. The molecule has 0 aromatic carbocycles. The molecule has 3 rings (SSSR count). The Bertz CT molecular complexity index is 836. The summed E-state index contributed by atoms with van der Waals surface area (Å²) in [5.41, 5.74) is 18.5. The average molecular weight is 561 g/mol. The van der Waals surface area contributed by atoms with Crippen LogP contribution in [0.1, 0.15) is 19.3 Å². The van der Waals surface area contributed by atoms with Gasteiger partial charge in [0.1, 0.15) is 30.2 Å². The summed E-state index contributed by atoms with van der Waals surface area (Å²) in [4.78, 5) is 11.3. The maximum atomic E-state index is 11.3. The zero-order valence-electron chi connectivity index (χ0n) is 22.1. The summed E-state index contributed by atoms with van der Waals surface area (Å²) in [6.07, 6.45) is -3.00. The molecule has 11 atom stereocenters. The highest BCUT2D eigenvalue weighted by Crippen LogP contribution is 2.31. The van der Waals surface area contributed by atoms with Crippen LogP contribution in [0.15, 0.2) is 23.7 Å². The number of carbonyl (C=O) groups excluding carboxylic acids is 1. The van der Waals surface area contributed by atoms with Gasteiger partial charge in [-0.3, -0.25) is 4.79 Å². The SMILES string of the molecule is CN[C@H]1/C(=C\O)CO[C@H](O[C@H]2[C@H](NC=O)C[C@H](N)C(O[C@H]3OC(CNCC(O)CCN)=CC[C@H]3N)[C@@H]2O)[C@@H]1O. The molecule has 13 N–H and O–H groups in total. The van der Waals surface area contributed by atoms with E-state index < -0.39 is 67.3 Å². The maximum Gasteiger partial charge on any atom is 0.215 e. The molecule has 39 heavy (non-hydrogen) atoms. The number of likely N-dealkylation sites (N-methyl/N-ethyl adjacent to an activating group) is 1. The van der Waals surface area contributed by atoms with Crippen molar-refractivity contribution >= 4 is 6.41 Å². The number of amides is 1. The van der Waals surface area contributed by atoms with Crippen molar-refractivity contribution in [3.8, 4) is 0 Å². The van der Waals surface area contributed by atoms with E-state index in [0.717, 1.165) is 6.26 Å². The second-order valence-corrected chi connectivity index (χ2v) is 10.0. The Morgan fingerprint density at radius 1 is 1.18 bits per heavy atom. The molecule has 2 aliphatic heterocycles. The van der Waals surface area contributed by atoms with Crippen LogP contribution in [-0.2, 0) is 23.7 Å². The minimum Gasteiger partial charge on any atom is -0.515 e. The summed E-state index contributed by atoms with van der Waals surface area (Å²) >= 11 is 0. The van der Waals surface area contributed by atoms with Crippen molar-refractivity contribution < 1.29 is 44.2 Å². The number of carbonyl (C=O) groups is 1. The number of ether oxygens (including phenoxy) is 4. The Morgan fingerprint density at radius 2 is 1.92 bits per heavy atom. The smallest absolute Gasteiger partial charge is 0.215 e. The van der Waals surface area contributed by atoms with Crippen LogP contribution in [0.2, 0.25) is 0 Å². The van der Waals surface area contributed by atoms with Crippen LogP contribution in [0.4, 0.5) is 0 Å². The predicted octanol–water partition coefficient (Wildman–Crippen LogP) is -4.03. The van der Waals surface area contributed by atoms with Crippen molar-refractivity contribution in [3.05, 3.63) is 23.7 Å². The highest BCUT2D eigenvalue weighted by atomic mass is 16.7. The van der Waals surface area contributed by atoms with Crippen LogP contribution in [0.25, 0.3) is 0 Å². The zero-order chi connectivity index (χ0) is 28.5. The lowest BCUT2D eigenvalue weighted by Gasteiger charge is -2.46. The summed E-state index contributed by atoms with van der Waals surface area (Å²) in [6.45, 7) is 1.03. The Labute approximate surface area is 227 Å². The molecular weight excluding hydrogens is 516 g/mol. The van der Waals surface area contributed by atoms with Crippen LogP contribution in [0.3, 0.4) is 0 Å². The van der Waals surface area contributed by atoms with Gasteiger partial charge >= 0.3 is 0 Å². The number of nitrogens with two attached hydrogens (primary N) is 3. The summed E-state index contributed by atoms with van der Waals surface area (Å²) in [6, 6.07) is -2.60. The normalized spacial score (nSPS) is 39.1. The monoisotopic (exact) mass is 560 g/mol. The highest BCUT2D eigenvalue weighted by molar-refractivity contribution is 5.47. The predicted molar refractivity (Wildman–Crippen MR) is 139 cm³/mol. The fraction of sp³-hybridized carbons (Fsp3) is 0.792. The molecule has 2 fully saturated rings. The van der Waals surface area contributed by atoms with Gasteiger partial charge in [0, 0.05) is 18.2 Å². The van der Waals surface area contributed by atoms with Gasteiger partial charge in [-0.15, -0.1) is 0 Å². The third kappa shape index (κ3) is 8.08. The number of aliphatic hydroxyl groups excluding tert-OH is 4. The minimum atomic E-state index is -1.35. The molecule has 15 heteroatoms. The second-order valence-electron chi connectivity index (χ2n) is 10.0. The first kappa shape index (κ1) is 31.6. The van der Waals surface area contributed by atoms with E-state index in [1.807, 2.05) is 6.08 Å². The van der Waals surface area contributed by atoms with E-state index in [0.29, 0.717) is 50.2 Å². The number of nitrogens with one attached hydrogen (secondary N) is 3. The molecule has 15 nitrogen and oxygen atoms in total. The van der Waals surface area contributed by atoms with E-state index in [2.05, 4.69) is 16.0 Å². The second kappa shape index (κ2) is 15.2. The van der Waals surface area contributed by atoms with Crippen molar-refractivity contribution in [1.29, 1.82) is 0 Å². The molecule has 2 unspecified atom stereocenters. The number of rotatable bonds is 13. The lowest BCUT2D eigenvalue weighted by atomic mass is 9.83. The summed E-state index contributed by atoms with van der Waals surface area (Å²) in [7, 11) is 1.61. The van der Waals surface area contributed by atoms with Crippen LogP contribution in [-0.4, -0.2) is 127 Å². The number of hydrogen-bond acceptors (Lipinski definition) is 14. The topological polar surface area (TPSA) is 249 Å². The molecule has 1 saturated carbocycles. The van der Waals surface area contributed by atoms with E-state index in [1.54, 1.807) is 7.05 Å². The van der Waals surface area contributed by atoms with E-state index in [4.69, 9.17) is 36.1 Å². The van der Waals surface area contributed by atoms with Crippen molar-refractivity contribution in [2.45, 2.75) is 86.5 Å². The molecule has 0 aromatic heterocycles. The zero-order valence-corrected chi connectivity index (χ0v) is 22.1. The number of hydrogen-bond donors (Lipinski definition) is 10. The maximum absolute atomic E-state index is 11.3. The third-order valence-electron chi connectivity index (χ3n) is 7.21. The van der Waals surface area contributed by atoms with Crippen molar-refractivity contribution in [2.75, 3.05) is 33.3 Å². The first-order valence-electron chi connectivity index (χ1n) is 13.2. The van der Waals surface area contributed by atoms with Crippen LogP contribution >= 0.6 is 0 Å². The van der Waals surface area contributed by atoms with E-state index in [1.165, 1.54) is 0 Å². The first-order valence-corrected chi connectivity index (χ1v) is 13.2. The fourth-order valence-corrected chi connectivity index (χ4v) is 5.06. The Kier molecular flexibility index (Phi) is 12.3. The van der Waals surface area contributed by atoms with Gasteiger partial charge in [0.25, 0.3) is 0 Å². The van der Waals surface area contributed by atoms with Crippen molar-refractivity contribution in [3.63, 3.8) is 0 Å². The molecule has 1 aliphatic carbocycles. The van der Waals surface area contributed by atoms with Gasteiger partial charge < -0.3 is 72.5 Å². The Balaban J connectivity index is 1.66. The molecule has 2 heterocycles. The van der Waals surface area contributed by atoms with Crippen molar-refractivity contribution in [2.24, 2.45) is 17.2 Å². The molecule has 1 saturated heterocycles. The van der Waals surface area contributed by atoms with Gasteiger partial charge in [-0.05, 0) is 38.9 Å². The lowest BCUT2D eigenvalue weighted by molar-refractivity contribution is -0.275. The van der Waals surface area contributed by atoms with Crippen LogP contribution in [0.5, 0.6) is 0 Å². The molecule has 0 aromatic rings. The highest BCUT2D eigenvalue weighted by Gasteiger charge is 2.49. The van der Waals surface area contributed by atoms with Gasteiger partial charge in [-0.1, -0.05) is 0 Å². The standard InChI is InChI=1S/C24H44N6O9/c1-28-18-12(9-31)10-36-24(19(18)34)39-22-17(30-11-32)6-16(27)21(20(22)35)38-23-15(26)3-2-14(37-23)8-29-7-13(33)4-5-25/h2,9,11,13,15-24,28-29,31,33-35H,3-8,10,25-27H2,1H3,(H,30,32)/b12-9-/t13?,15-,16+,17-,18+,19-,20+,21?,22+,23-,24-/m1/s1. The van der Waals surface area contributed by atoms with Gasteiger partial charge in [0.05, 0.1) is 43.6 Å². The Hall–Kier alpha value is -1.89. The van der Waals surface area contributed by atoms with E-state index in [-0.39, 0.29) is 13.0 Å². The van der Waals surface area contributed by atoms with Gasteiger partial charge in [0.2, 0.25) is 12.7 Å². The molecular formula is C24H44N6O9. The molecule has 0 radical (unpaired) electrons. The Morgan fingerprint density at radius 3 is 2.59 bits per heavy atom. The minimum absolute atomic E-state index is 0.0189. The summed E-state index contributed by atoms with van der Waals surface area (Å²) in [5.74, 6) is 0.568. The number of aliphatic hydroxyl groups is 4.